The standard InChI is InChI=1S/C13H20BrNS/c1-10(2)15-8-11(3)9-16-13-7-5-4-6-12(13)14/h4-7,10-11,15H,8-9H2,1-3H3. The fraction of sp³-hybridized carbons (Fsp3) is 0.538. The topological polar surface area (TPSA) is 12.0 Å². The molecule has 1 aromatic carbocycles. The molecule has 1 N–H and O–H groups in total. The highest BCUT2D eigenvalue weighted by atomic mass is 79.9. The molecule has 16 heavy (non-hydrogen) atoms. The van der Waals surface area contributed by atoms with Crippen molar-refractivity contribution in [2.75, 3.05) is 12.3 Å². The Bertz CT molecular complexity index is 315. The molecule has 1 rings (SSSR count). The second-order valence-electron chi connectivity index (χ2n) is 4.41. The van der Waals surface area contributed by atoms with Crippen LogP contribution in [-0.2, 0) is 0 Å². The fourth-order valence-electron chi connectivity index (χ4n) is 1.29. The van der Waals surface area contributed by atoms with Crippen molar-refractivity contribution >= 4 is 27.7 Å². The molecule has 1 unspecified atom stereocenters. The molecule has 3 heteroatoms. The first-order valence-electron chi connectivity index (χ1n) is 5.70. The molecule has 90 valence electrons. The van der Waals surface area contributed by atoms with E-state index in [1.165, 1.54) is 9.37 Å². The summed E-state index contributed by atoms with van der Waals surface area (Å²) >= 11 is 5.49. The van der Waals surface area contributed by atoms with Crippen LogP contribution in [-0.4, -0.2) is 18.3 Å². The molecular formula is C13H20BrNS. The highest BCUT2D eigenvalue weighted by Gasteiger charge is 2.05. The first-order chi connectivity index (χ1) is 7.59. The lowest BCUT2D eigenvalue weighted by molar-refractivity contribution is 0.510. The predicted molar refractivity (Wildman–Crippen MR) is 77.2 cm³/mol. The average Bonchev–Trinajstić information content (AvgIpc) is 2.25. The lowest BCUT2D eigenvalue weighted by Gasteiger charge is -2.14. The molecule has 1 atom stereocenters. The zero-order valence-corrected chi connectivity index (χ0v) is 12.6. The Hall–Kier alpha value is 0.01000. The Balaban J connectivity index is 2.31. The minimum absolute atomic E-state index is 0.580. The zero-order chi connectivity index (χ0) is 12.0. The van der Waals surface area contributed by atoms with Crippen molar-refractivity contribution in [1.82, 2.24) is 5.32 Å². The second kappa shape index (κ2) is 7.36. The van der Waals surface area contributed by atoms with Gasteiger partial charge in [0.05, 0.1) is 0 Å². The van der Waals surface area contributed by atoms with E-state index >= 15 is 0 Å². The molecule has 1 nitrogen and oxygen atoms in total. The van der Waals surface area contributed by atoms with Crippen LogP contribution in [0.15, 0.2) is 33.6 Å². The van der Waals surface area contributed by atoms with Gasteiger partial charge in [0.25, 0.3) is 0 Å². The summed E-state index contributed by atoms with van der Waals surface area (Å²) in [5, 5.41) is 3.47. The van der Waals surface area contributed by atoms with E-state index in [1.807, 2.05) is 11.8 Å². The number of hydrogen-bond donors (Lipinski definition) is 1. The van der Waals surface area contributed by atoms with E-state index in [2.05, 4.69) is 66.3 Å². The normalized spacial score (nSPS) is 13.1. The summed E-state index contributed by atoms with van der Waals surface area (Å²) in [5.74, 6) is 1.85. The van der Waals surface area contributed by atoms with E-state index in [-0.39, 0.29) is 0 Å². The van der Waals surface area contributed by atoms with Crippen LogP contribution in [0.2, 0.25) is 0 Å². The van der Waals surface area contributed by atoms with Crippen LogP contribution in [0.3, 0.4) is 0 Å². The lowest BCUT2D eigenvalue weighted by Crippen LogP contribution is -2.28. The molecule has 0 radical (unpaired) electrons. The van der Waals surface area contributed by atoms with Gasteiger partial charge in [-0.05, 0) is 40.5 Å². The molecule has 0 fully saturated rings. The van der Waals surface area contributed by atoms with Crippen LogP contribution >= 0.6 is 27.7 Å². The summed E-state index contributed by atoms with van der Waals surface area (Å²) in [6.07, 6.45) is 0. The van der Waals surface area contributed by atoms with Gasteiger partial charge in [0.15, 0.2) is 0 Å². The molecule has 0 heterocycles. The Morgan fingerprint density at radius 1 is 1.25 bits per heavy atom. The average molecular weight is 302 g/mol. The van der Waals surface area contributed by atoms with Crippen LogP contribution in [0, 0.1) is 5.92 Å². The lowest BCUT2D eigenvalue weighted by atomic mass is 10.2. The van der Waals surface area contributed by atoms with E-state index in [9.17, 15) is 0 Å². The van der Waals surface area contributed by atoms with Crippen molar-refractivity contribution in [1.29, 1.82) is 0 Å². The largest absolute Gasteiger partial charge is 0.314 e. The van der Waals surface area contributed by atoms with Crippen molar-refractivity contribution in [3.63, 3.8) is 0 Å². The molecule has 0 aliphatic carbocycles. The number of nitrogens with one attached hydrogen (secondary N) is 1. The van der Waals surface area contributed by atoms with E-state index in [4.69, 9.17) is 0 Å². The highest BCUT2D eigenvalue weighted by Crippen LogP contribution is 2.28. The van der Waals surface area contributed by atoms with Gasteiger partial charge in [-0.3, -0.25) is 0 Å². The SMILES string of the molecule is CC(CNC(C)C)CSc1ccccc1Br. The first kappa shape index (κ1) is 14.1. The third-order valence-corrected chi connectivity index (χ3v) is 4.59. The summed E-state index contributed by atoms with van der Waals surface area (Å²) < 4.78 is 1.20. The molecule has 0 amide bonds. The van der Waals surface area contributed by atoms with Crippen LogP contribution in [0.4, 0.5) is 0 Å². The first-order valence-corrected chi connectivity index (χ1v) is 7.48. The summed E-state index contributed by atoms with van der Waals surface area (Å²) in [6, 6.07) is 8.98. The van der Waals surface area contributed by atoms with Gasteiger partial charge in [0, 0.05) is 21.2 Å². The fourth-order valence-corrected chi connectivity index (χ4v) is 2.88. The van der Waals surface area contributed by atoms with Gasteiger partial charge in [-0.1, -0.05) is 32.9 Å². The molecule has 0 saturated carbocycles. The third-order valence-electron chi connectivity index (χ3n) is 2.23. The van der Waals surface area contributed by atoms with Crippen molar-refractivity contribution in [2.45, 2.75) is 31.7 Å². The Kier molecular flexibility index (Phi) is 6.47. The second-order valence-corrected chi connectivity index (χ2v) is 6.33. The van der Waals surface area contributed by atoms with Gasteiger partial charge < -0.3 is 5.32 Å². The Labute approximate surface area is 112 Å². The van der Waals surface area contributed by atoms with Crippen molar-refractivity contribution < 1.29 is 0 Å². The van der Waals surface area contributed by atoms with Gasteiger partial charge in [0.2, 0.25) is 0 Å². The molecule has 0 aliphatic heterocycles. The molecule has 0 aromatic heterocycles. The summed E-state index contributed by atoms with van der Waals surface area (Å²) in [4.78, 5) is 1.33. The maximum absolute atomic E-state index is 3.57. The minimum atomic E-state index is 0.580. The van der Waals surface area contributed by atoms with Crippen molar-refractivity contribution in [3.8, 4) is 0 Å². The van der Waals surface area contributed by atoms with E-state index in [0.717, 1.165) is 12.3 Å². The third kappa shape index (κ3) is 5.37. The van der Waals surface area contributed by atoms with Gasteiger partial charge in [-0.15, -0.1) is 11.8 Å². The molecule has 0 aliphatic rings. The Morgan fingerprint density at radius 3 is 2.56 bits per heavy atom. The summed E-state index contributed by atoms with van der Waals surface area (Å²) in [6.45, 7) is 7.76. The van der Waals surface area contributed by atoms with Crippen molar-refractivity contribution in [2.24, 2.45) is 5.92 Å². The number of benzene rings is 1. The number of thioether (sulfide) groups is 1. The molecule has 0 saturated heterocycles. The van der Waals surface area contributed by atoms with Crippen molar-refractivity contribution in [3.05, 3.63) is 28.7 Å². The van der Waals surface area contributed by atoms with Crippen LogP contribution < -0.4 is 5.32 Å². The van der Waals surface area contributed by atoms with E-state index in [1.54, 1.807) is 0 Å². The molecule has 0 bridgehead atoms. The highest BCUT2D eigenvalue weighted by molar-refractivity contribution is 9.10. The Morgan fingerprint density at radius 2 is 1.94 bits per heavy atom. The molecular weight excluding hydrogens is 282 g/mol. The van der Waals surface area contributed by atoms with Gasteiger partial charge in [-0.2, -0.15) is 0 Å². The maximum Gasteiger partial charge on any atom is 0.0311 e. The number of halogens is 1. The van der Waals surface area contributed by atoms with E-state index in [0.29, 0.717) is 12.0 Å². The molecule has 0 spiro atoms. The minimum Gasteiger partial charge on any atom is -0.314 e. The monoisotopic (exact) mass is 301 g/mol. The zero-order valence-electron chi connectivity index (χ0n) is 10.2. The number of hydrogen-bond acceptors (Lipinski definition) is 2. The van der Waals surface area contributed by atoms with E-state index < -0.39 is 0 Å². The summed E-state index contributed by atoms with van der Waals surface area (Å²) in [7, 11) is 0. The van der Waals surface area contributed by atoms with Crippen LogP contribution in [0.25, 0.3) is 0 Å². The smallest absolute Gasteiger partial charge is 0.0311 e. The van der Waals surface area contributed by atoms with Gasteiger partial charge >= 0.3 is 0 Å². The quantitative estimate of drug-likeness (QED) is 0.791. The molecule has 1 aromatic rings. The maximum atomic E-state index is 3.57. The predicted octanol–water partition coefficient (Wildman–Crippen LogP) is 4.18. The van der Waals surface area contributed by atoms with Crippen LogP contribution in [0.5, 0.6) is 0 Å². The summed E-state index contributed by atoms with van der Waals surface area (Å²) in [5.41, 5.74) is 0. The van der Waals surface area contributed by atoms with Crippen LogP contribution in [0.1, 0.15) is 20.8 Å². The van der Waals surface area contributed by atoms with Gasteiger partial charge in [0.1, 0.15) is 0 Å². The van der Waals surface area contributed by atoms with Gasteiger partial charge in [-0.25, -0.2) is 0 Å². The number of rotatable bonds is 6.